The maximum atomic E-state index is 5.47. The fourth-order valence-corrected chi connectivity index (χ4v) is 4.05. The highest BCUT2D eigenvalue weighted by Gasteiger charge is 2.22. The largest absolute Gasteiger partial charge is 0.381 e. The number of guanidine groups is 1. The van der Waals surface area contributed by atoms with E-state index in [1.165, 1.54) is 4.90 Å². The second-order valence-electron chi connectivity index (χ2n) is 6.83. The minimum atomic E-state index is 0. The van der Waals surface area contributed by atoms with Gasteiger partial charge in [0, 0.05) is 53.8 Å². The van der Waals surface area contributed by atoms with Crippen molar-refractivity contribution in [3.8, 4) is 0 Å². The molecule has 0 saturated carbocycles. The van der Waals surface area contributed by atoms with E-state index in [0.717, 1.165) is 43.2 Å². The van der Waals surface area contributed by atoms with Gasteiger partial charge in [0.15, 0.2) is 5.96 Å². The number of rotatable bonds is 6. The van der Waals surface area contributed by atoms with Gasteiger partial charge in [-0.2, -0.15) is 0 Å². The number of hydrogen-bond acceptors (Lipinski definition) is 3. The molecule has 1 unspecified atom stereocenters. The van der Waals surface area contributed by atoms with E-state index in [0.29, 0.717) is 5.92 Å². The first-order valence-electron chi connectivity index (χ1n) is 8.34. The molecule has 1 saturated heterocycles. The normalized spacial score (nSPS) is 18.0. The number of benzene rings is 1. The monoisotopic (exact) mass is 541 g/mol. The van der Waals surface area contributed by atoms with Crippen LogP contribution in [0.15, 0.2) is 38.6 Å². The van der Waals surface area contributed by atoms with Crippen LogP contribution in [0.4, 0.5) is 0 Å². The molecule has 1 aliphatic heterocycles. The molecule has 1 fully saturated rings. The molecular weight excluding hydrogens is 513 g/mol. The minimum Gasteiger partial charge on any atom is -0.381 e. The van der Waals surface area contributed by atoms with Crippen molar-refractivity contribution in [2.75, 3.05) is 40.4 Å². The van der Waals surface area contributed by atoms with Crippen LogP contribution in [-0.2, 0) is 4.74 Å². The SMILES string of the molecule is CN=C(NCC(C)(C)Sc1ccc(Br)cc1)N(C)CC1CCOC1.I. The van der Waals surface area contributed by atoms with Crippen molar-refractivity contribution in [3.63, 3.8) is 0 Å². The third-order valence-corrected chi connectivity index (χ3v) is 5.74. The summed E-state index contributed by atoms with van der Waals surface area (Å²) in [5, 5.41) is 3.52. The van der Waals surface area contributed by atoms with Gasteiger partial charge in [-0.25, -0.2) is 0 Å². The Balaban J connectivity index is 0.00000312. The predicted octanol–water partition coefficient (Wildman–Crippen LogP) is 4.48. The van der Waals surface area contributed by atoms with Crippen molar-refractivity contribution in [2.45, 2.75) is 29.9 Å². The van der Waals surface area contributed by atoms with Gasteiger partial charge in [0.05, 0.1) is 6.61 Å². The lowest BCUT2D eigenvalue weighted by atomic mass is 10.1. The van der Waals surface area contributed by atoms with E-state index >= 15 is 0 Å². The Morgan fingerprint density at radius 2 is 2.08 bits per heavy atom. The Morgan fingerprint density at radius 3 is 2.64 bits per heavy atom. The summed E-state index contributed by atoms with van der Waals surface area (Å²) in [5.41, 5.74) is 0. The van der Waals surface area contributed by atoms with E-state index in [9.17, 15) is 0 Å². The molecule has 0 spiro atoms. The van der Waals surface area contributed by atoms with Crippen molar-refractivity contribution in [2.24, 2.45) is 10.9 Å². The highest BCUT2D eigenvalue weighted by molar-refractivity contribution is 14.0. The first-order valence-corrected chi connectivity index (χ1v) is 9.95. The van der Waals surface area contributed by atoms with E-state index in [4.69, 9.17) is 4.74 Å². The maximum Gasteiger partial charge on any atom is 0.193 e. The minimum absolute atomic E-state index is 0. The summed E-state index contributed by atoms with van der Waals surface area (Å²) < 4.78 is 6.65. The first-order chi connectivity index (χ1) is 11.4. The van der Waals surface area contributed by atoms with Crippen LogP contribution in [0, 0.1) is 5.92 Å². The molecule has 0 radical (unpaired) electrons. The Kier molecular flexibility index (Phi) is 10.1. The van der Waals surface area contributed by atoms with Gasteiger partial charge in [-0.15, -0.1) is 35.7 Å². The van der Waals surface area contributed by atoms with Crippen LogP contribution < -0.4 is 5.32 Å². The quantitative estimate of drug-likeness (QED) is 0.249. The fourth-order valence-electron chi connectivity index (χ4n) is 2.74. The van der Waals surface area contributed by atoms with Crippen LogP contribution in [0.25, 0.3) is 0 Å². The molecule has 0 aromatic heterocycles. The van der Waals surface area contributed by atoms with Crippen LogP contribution in [-0.4, -0.2) is 56.0 Å². The summed E-state index contributed by atoms with van der Waals surface area (Å²) in [6.07, 6.45) is 1.15. The van der Waals surface area contributed by atoms with Gasteiger partial charge in [-0.1, -0.05) is 15.9 Å². The second-order valence-corrected chi connectivity index (χ2v) is 9.52. The van der Waals surface area contributed by atoms with E-state index < -0.39 is 0 Å². The third-order valence-electron chi connectivity index (χ3n) is 4.01. The molecule has 25 heavy (non-hydrogen) atoms. The van der Waals surface area contributed by atoms with Gasteiger partial charge in [0.25, 0.3) is 0 Å². The summed E-state index contributed by atoms with van der Waals surface area (Å²) in [5.74, 6) is 1.56. The molecule has 1 N–H and O–H groups in total. The van der Waals surface area contributed by atoms with Crippen LogP contribution in [0.3, 0.4) is 0 Å². The lowest BCUT2D eigenvalue weighted by Crippen LogP contribution is -2.45. The number of halogens is 2. The van der Waals surface area contributed by atoms with Gasteiger partial charge in [-0.05, 0) is 44.5 Å². The zero-order chi connectivity index (χ0) is 17.6. The molecular formula is C18H29BrIN3OS. The molecule has 1 heterocycles. The van der Waals surface area contributed by atoms with Gasteiger partial charge in [0.2, 0.25) is 0 Å². The summed E-state index contributed by atoms with van der Waals surface area (Å²) >= 11 is 5.36. The molecule has 0 aliphatic carbocycles. The molecule has 1 aliphatic rings. The maximum absolute atomic E-state index is 5.47. The molecule has 4 nitrogen and oxygen atoms in total. The van der Waals surface area contributed by atoms with Crippen molar-refractivity contribution >= 4 is 57.6 Å². The number of nitrogens with zero attached hydrogens (tertiary/aromatic N) is 2. The van der Waals surface area contributed by atoms with Gasteiger partial charge in [0.1, 0.15) is 0 Å². The predicted molar refractivity (Wildman–Crippen MR) is 122 cm³/mol. The molecule has 0 amide bonds. The van der Waals surface area contributed by atoms with E-state index in [1.54, 1.807) is 0 Å². The van der Waals surface area contributed by atoms with Crippen LogP contribution in [0.2, 0.25) is 0 Å². The van der Waals surface area contributed by atoms with E-state index in [1.807, 2.05) is 18.8 Å². The molecule has 1 aromatic carbocycles. The number of nitrogens with one attached hydrogen (secondary N) is 1. The molecule has 2 rings (SSSR count). The second kappa shape index (κ2) is 11.0. The summed E-state index contributed by atoms with van der Waals surface area (Å²) in [4.78, 5) is 7.91. The molecule has 7 heteroatoms. The lowest BCUT2D eigenvalue weighted by molar-refractivity contribution is 0.181. The van der Waals surface area contributed by atoms with E-state index in [-0.39, 0.29) is 28.7 Å². The topological polar surface area (TPSA) is 36.9 Å². The molecule has 1 atom stereocenters. The van der Waals surface area contributed by atoms with Gasteiger partial charge < -0.3 is 15.0 Å². The van der Waals surface area contributed by atoms with Crippen molar-refractivity contribution in [3.05, 3.63) is 28.7 Å². The zero-order valence-corrected chi connectivity index (χ0v) is 20.2. The smallest absolute Gasteiger partial charge is 0.193 e. The number of hydrogen-bond donors (Lipinski definition) is 1. The molecule has 142 valence electrons. The Morgan fingerprint density at radius 1 is 1.40 bits per heavy atom. The fraction of sp³-hybridized carbons (Fsp3) is 0.611. The van der Waals surface area contributed by atoms with Crippen molar-refractivity contribution < 1.29 is 4.74 Å². The Bertz CT molecular complexity index is 548. The number of thioether (sulfide) groups is 1. The van der Waals surface area contributed by atoms with Crippen molar-refractivity contribution in [1.82, 2.24) is 10.2 Å². The summed E-state index contributed by atoms with van der Waals surface area (Å²) in [7, 11) is 3.95. The molecule has 0 bridgehead atoms. The number of aliphatic imine (C=N–C) groups is 1. The van der Waals surface area contributed by atoms with E-state index in [2.05, 4.69) is 76.3 Å². The lowest BCUT2D eigenvalue weighted by Gasteiger charge is -2.29. The average molecular weight is 542 g/mol. The van der Waals surface area contributed by atoms with Crippen LogP contribution in [0.1, 0.15) is 20.3 Å². The summed E-state index contributed by atoms with van der Waals surface area (Å²) in [6, 6.07) is 8.47. The third kappa shape index (κ3) is 8.05. The standard InChI is InChI=1S/C18H28BrN3OS.HI/c1-18(2,24-16-7-5-15(19)6-8-16)13-21-17(20-3)22(4)11-14-9-10-23-12-14;/h5-8,14H,9-13H2,1-4H3,(H,20,21);1H. The highest BCUT2D eigenvalue weighted by atomic mass is 127. The highest BCUT2D eigenvalue weighted by Crippen LogP contribution is 2.32. The molecule has 1 aromatic rings. The Labute approximate surface area is 181 Å². The Hall–Kier alpha value is 0.01000. The van der Waals surface area contributed by atoms with Crippen molar-refractivity contribution in [1.29, 1.82) is 0 Å². The van der Waals surface area contributed by atoms with Crippen LogP contribution >= 0.6 is 51.7 Å². The first kappa shape index (κ1) is 23.0. The summed E-state index contributed by atoms with van der Waals surface area (Å²) in [6.45, 7) is 8.11. The average Bonchev–Trinajstić information content (AvgIpc) is 3.03. The number of ether oxygens (including phenoxy) is 1. The van der Waals surface area contributed by atoms with Gasteiger partial charge in [-0.3, -0.25) is 4.99 Å². The van der Waals surface area contributed by atoms with Gasteiger partial charge >= 0.3 is 0 Å². The van der Waals surface area contributed by atoms with Crippen LogP contribution in [0.5, 0.6) is 0 Å². The zero-order valence-electron chi connectivity index (χ0n) is 15.4.